The molecule has 0 saturated heterocycles. The van der Waals surface area contributed by atoms with Gasteiger partial charge in [-0.2, -0.15) is 5.10 Å². The van der Waals surface area contributed by atoms with E-state index in [1.165, 1.54) is 0 Å². The van der Waals surface area contributed by atoms with Gasteiger partial charge in [0, 0.05) is 25.2 Å². The Labute approximate surface area is 162 Å². The lowest BCUT2D eigenvalue weighted by Crippen LogP contribution is -2.43. The third-order valence-corrected chi connectivity index (χ3v) is 5.16. The zero-order chi connectivity index (χ0) is 19.7. The molecular formula is C19H22N6O3. The molecule has 3 aromatic rings. The van der Waals surface area contributed by atoms with Crippen LogP contribution in [0.15, 0.2) is 36.7 Å². The van der Waals surface area contributed by atoms with Crippen molar-refractivity contribution in [3.05, 3.63) is 53.9 Å². The Hall–Kier alpha value is -3.20. The van der Waals surface area contributed by atoms with E-state index in [0.29, 0.717) is 17.1 Å². The first-order valence-corrected chi connectivity index (χ1v) is 9.08. The lowest BCUT2D eigenvalue weighted by Gasteiger charge is -2.34. The number of para-hydroxylation sites is 2. The van der Waals surface area contributed by atoms with Gasteiger partial charge in [-0.1, -0.05) is 12.1 Å². The molecule has 1 aliphatic rings. The molecule has 1 saturated carbocycles. The van der Waals surface area contributed by atoms with E-state index in [0.717, 1.165) is 24.4 Å². The minimum absolute atomic E-state index is 0.0846. The third-order valence-electron chi connectivity index (χ3n) is 5.16. The number of benzene rings is 1. The van der Waals surface area contributed by atoms with E-state index in [4.69, 9.17) is 4.74 Å². The van der Waals surface area contributed by atoms with Crippen LogP contribution in [0.2, 0.25) is 0 Å². The summed E-state index contributed by atoms with van der Waals surface area (Å²) >= 11 is 0. The fraction of sp³-hybridized carbons (Fsp3) is 0.368. The van der Waals surface area contributed by atoms with Crippen molar-refractivity contribution in [2.45, 2.75) is 31.4 Å². The molecule has 9 nitrogen and oxygen atoms in total. The summed E-state index contributed by atoms with van der Waals surface area (Å²) in [6.07, 6.45) is 4.83. The predicted octanol–water partition coefficient (Wildman–Crippen LogP) is 1.18. The molecule has 1 amide bonds. The fourth-order valence-corrected chi connectivity index (χ4v) is 3.47. The van der Waals surface area contributed by atoms with Gasteiger partial charge in [-0.3, -0.25) is 4.79 Å². The van der Waals surface area contributed by atoms with Gasteiger partial charge in [0.25, 0.3) is 5.91 Å². The monoisotopic (exact) mass is 382 g/mol. The average Bonchev–Trinajstić information content (AvgIpc) is 3.31. The van der Waals surface area contributed by atoms with Crippen LogP contribution in [0.1, 0.15) is 40.8 Å². The second-order valence-electron chi connectivity index (χ2n) is 6.88. The quantitative estimate of drug-likeness (QED) is 0.663. The Balaban J connectivity index is 1.38. The summed E-state index contributed by atoms with van der Waals surface area (Å²) in [4.78, 5) is 12.5. The number of amides is 1. The van der Waals surface area contributed by atoms with Gasteiger partial charge in [-0.05, 0) is 25.0 Å². The standard InChI is InChI=1S/C19H22N6O3/c1-24-17(11-26)22-23-18(24)12-7-14(8-12)21-19(27)13-9-20-25(10-13)15-5-3-4-6-16(15)28-2/h3-6,9-10,12,14,26H,7-8,11H2,1-2H3,(H,21,27). The Morgan fingerprint density at radius 1 is 1.32 bits per heavy atom. The molecule has 0 radical (unpaired) electrons. The van der Waals surface area contributed by atoms with Gasteiger partial charge in [-0.25, -0.2) is 4.68 Å². The smallest absolute Gasteiger partial charge is 0.254 e. The van der Waals surface area contributed by atoms with Crippen LogP contribution in [0.5, 0.6) is 5.75 Å². The van der Waals surface area contributed by atoms with Gasteiger partial charge < -0.3 is 19.7 Å². The highest BCUT2D eigenvalue weighted by molar-refractivity contribution is 5.94. The number of carbonyl (C=O) groups is 1. The first-order valence-electron chi connectivity index (χ1n) is 9.08. The maximum absolute atomic E-state index is 12.5. The molecule has 9 heteroatoms. The fourth-order valence-electron chi connectivity index (χ4n) is 3.47. The number of aliphatic hydroxyl groups excluding tert-OH is 1. The van der Waals surface area contributed by atoms with Crippen LogP contribution in [0.3, 0.4) is 0 Å². The summed E-state index contributed by atoms with van der Waals surface area (Å²) in [7, 11) is 3.45. The maximum atomic E-state index is 12.5. The number of nitrogens with one attached hydrogen (secondary N) is 1. The van der Waals surface area contributed by atoms with Crippen LogP contribution in [0.4, 0.5) is 0 Å². The van der Waals surface area contributed by atoms with Gasteiger partial charge >= 0.3 is 0 Å². The number of aromatic nitrogens is 5. The van der Waals surface area contributed by atoms with E-state index in [-0.39, 0.29) is 24.5 Å². The minimum Gasteiger partial charge on any atom is -0.494 e. The lowest BCUT2D eigenvalue weighted by molar-refractivity contribution is 0.0907. The van der Waals surface area contributed by atoms with Crippen molar-refractivity contribution >= 4 is 5.91 Å². The van der Waals surface area contributed by atoms with Crippen molar-refractivity contribution in [1.82, 2.24) is 29.9 Å². The number of hydrogen-bond acceptors (Lipinski definition) is 6. The number of hydrogen-bond donors (Lipinski definition) is 2. The second kappa shape index (κ2) is 7.43. The lowest BCUT2D eigenvalue weighted by atomic mass is 9.79. The number of nitrogens with zero attached hydrogens (tertiary/aromatic N) is 5. The van der Waals surface area contributed by atoms with Gasteiger partial charge in [0.15, 0.2) is 5.82 Å². The van der Waals surface area contributed by atoms with Crippen molar-refractivity contribution < 1.29 is 14.6 Å². The summed E-state index contributed by atoms with van der Waals surface area (Å²) in [6, 6.07) is 7.59. The average molecular weight is 382 g/mol. The molecule has 146 valence electrons. The largest absolute Gasteiger partial charge is 0.494 e. The van der Waals surface area contributed by atoms with E-state index in [1.54, 1.807) is 24.2 Å². The zero-order valence-corrected chi connectivity index (χ0v) is 15.7. The molecule has 0 aliphatic heterocycles. The van der Waals surface area contributed by atoms with Crippen molar-refractivity contribution in [2.75, 3.05) is 7.11 Å². The predicted molar refractivity (Wildman–Crippen MR) is 100 cm³/mol. The van der Waals surface area contributed by atoms with Crippen LogP contribution in [0.25, 0.3) is 5.69 Å². The van der Waals surface area contributed by atoms with E-state index >= 15 is 0 Å². The molecule has 1 aromatic carbocycles. The summed E-state index contributed by atoms with van der Waals surface area (Å²) in [5, 5.41) is 24.7. The van der Waals surface area contributed by atoms with Crippen LogP contribution in [-0.2, 0) is 13.7 Å². The number of ether oxygens (including phenoxy) is 1. The van der Waals surface area contributed by atoms with E-state index in [1.807, 2.05) is 35.9 Å². The first-order chi connectivity index (χ1) is 13.6. The molecule has 0 spiro atoms. The molecule has 2 N–H and O–H groups in total. The number of rotatable bonds is 6. The van der Waals surface area contributed by atoms with E-state index in [9.17, 15) is 9.90 Å². The Bertz CT molecular complexity index is 989. The van der Waals surface area contributed by atoms with Crippen LogP contribution in [0, 0.1) is 0 Å². The van der Waals surface area contributed by atoms with Crippen molar-refractivity contribution in [1.29, 1.82) is 0 Å². The van der Waals surface area contributed by atoms with E-state index in [2.05, 4.69) is 20.6 Å². The highest BCUT2D eigenvalue weighted by Gasteiger charge is 2.35. The SMILES string of the molecule is COc1ccccc1-n1cc(C(=O)NC2CC(c3nnc(CO)n3C)C2)cn1. The molecule has 0 unspecified atom stereocenters. The van der Waals surface area contributed by atoms with Gasteiger partial charge in [0.1, 0.15) is 23.9 Å². The van der Waals surface area contributed by atoms with Crippen molar-refractivity contribution in [3.63, 3.8) is 0 Å². The number of carbonyl (C=O) groups excluding carboxylic acids is 1. The zero-order valence-electron chi connectivity index (χ0n) is 15.7. The Morgan fingerprint density at radius 3 is 2.82 bits per heavy atom. The van der Waals surface area contributed by atoms with Gasteiger partial charge in [0.2, 0.25) is 0 Å². The molecule has 2 aromatic heterocycles. The molecule has 2 heterocycles. The molecule has 1 aliphatic carbocycles. The summed E-state index contributed by atoms with van der Waals surface area (Å²) in [5.41, 5.74) is 1.27. The van der Waals surface area contributed by atoms with Crippen molar-refractivity contribution in [2.24, 2.45) is 7.05 Å². The van der Waals surface area contributed by atoms with Gasteiger partial charge in [0.05, 0.1) is 18.9 Å². The maximum Gasteiger partial charge on any atom is 0.254 e. The van der Waals surface area contributed by atoms with E-state index < -0.39 is 0 Å². The summed E-state index contributed by atoms with van der Waals surface area (Å²) in [5.74, 6) is 2.16. The molecule has 28 heavy (non-hydrogen) atoms. The van der Waals surface area contributed by atoms with Crippen LogP contribution < -0.4 is 10.1 Å². The molecule has 4 rings (SSSR count). The highest BCUT2D eigenvalue weighted by atomic mass is 16.5. The Morgan fingerprint density at radius 2 is 2.11 bits per heavy atom. The number of methoxy groups -OCH3 is 1. The summed E-state index contributed by atoms with van der Waals surface area (Å²) in [6.45, 7) is -0.132. The van der Waals surface area contributed by atoms with Crippen LogP contribution in [-0.4, -0.2) is 48.7 Å². The minimum atomic E-state index is -0.154. The summed E-state index contributed by atoms with van der Waals surface area (Å²) < 4.78 is 8.80. The molecule has 1 fully saturated rings. The van der Waals surface area contributed by atoms with Crippen molar-refractivity contribution in [3.8, 4) is 11.4 Å². The Kier molecular flexibility index (Phi) is 4.82. The molecule has 0 bridgehead atoms. The molecule has 0 atom stereocenters. The normalized spacial score (nSPS) is 18.5. The number of aliphatic hydroxyl groups is 1. The second-order valence-corrected chi connectivity index (χ2v) is 6.88. The first kappa shape index (κ1) is 18.2. The highest BCUT2D eigenvalue weighted by Crippen LogP contribution is 2.36. The molecular weight excluding hydrogens is 360 g/mol. The topological polar surface area (TPSA) is 107 Å². The van der Waals surface area contributed by atoms with Crippen LogP contribution >= 0.6 is 0 Å². The van der Waals surface area contributed by atoms with Gasteiger partial charge in [-0.15, -0.1) is 10.2 Å². The third kappa shape index (κ3) is 3.24.